The van der Waals surface area contributed by atoms with E-state index in [0.29, 0.717) is 5.39 Å². The normalized spacial score (nSPS) is 25.6. The summed E-state index contributed by atoms with van der Waals surface area (Å²) >= 11 is 5.84. The van der Waals surface area contributed by atoms with Crippen molar-refractivity contribution in [3.05, 3.63) is 11.5 Å². The van der Waals surface area contributed by atoms with Gasteiger partial charge in [-0.2, -0.15) is 15.1 Å². The molecule has 1 saturated heterocycles. The Morgan fingerprint density at radius 3 is 2.70 bits per heavy atom. The van der Waals surface area contributed by atoms with Gasteiger partial charge in [0.15, 0.2) is 17.7 Å². The van der Waals surface area contributed by atoms with E-state index in [2.05, 4.69) is 20.5 Å². The first-order valence-corrected chi connectivity index (χ1v) is 9.40. The molecule has 0 unspecified atom stereocenters. The monoisotopic (exact) mass is 446 g/mol. The fourth-order valence-corrected chi connectivity index (χ4v) is 3.06. The summed E-state index contributed by atoms with van der Waals surface area (Å²) in [6, 6.07) is 0. The summed E-state index contributed by atoms with van der Waals surface area (Å²) in [5, 5.41) is 24.7. The van der Waals surface area contributed by atoms with E-state index in [9.17, 15) is 14.8 Å². The van der Waals surface area contributed by atoms with Crippen LogP contribution in [0.2, 0.25) is 5.28 Å². The number of nitrogens with zero attached hydrogens (tertiary/aromatic N) is 4. The highest BCUT2D eigenvalue weighted by molar-refractivity contribution is 7.51. The Kier molecular flexibility index (Phi) is 6.97. The van der Waals surface area contributed by atoms with Crippen molar-refractivity contribution in [1.29, 1.82) is 0 Å². The molecule has 0 saturated carbocycles. The van der Waals surface area contributed by atoms with Crippen LogP contribution in [0.5, 0.6) is 0 Å². The molecule has 0 amide bonds. The van der Waals surface area contributed by atoms with Gasteiger partial charge in [-0.05, 0) is 11.6 Å². The molecule has 4 atom stereocenters. The van der Waals surface area contributed by atoms with E-state index < -0.39 is 38.5 Å². The maximum Gasteiger partial charge on any atom is 0.350 e. The molecular weight excluding hydrogens is 430 g/mol. The van der Waals surface area contributed by atoms with Gasteiger partial charge in [0.2, 0.25) is 5.28 Å². The number of hydrazine groups is 1. The fourth-order valence-electron chi connectivity index (χ4n) is 2.55. The Morgan fingerprint density at radius 1 is 1.37 bits per heavy atom. The molecule has 1 fully saturated rings. The van der Waals surface area contributed by atoms with Crippen LogP contribution in [0, 0.1) is 0 Å². The predicted molar refractivity (Wildman–Crippen MR) is 94.2 cm³/mol. The molecule has 0 aliphatic carbocycles. The van der Waals surface area contributed by atoms with Gasteiger partial charge in [0, 0.05) is 0 Å². The third-order valence-corrected chi connectivity index (χ3v) is 4.37. The Balaban J connectivity index is 0.00000261. The first-order valence-electron chi connectivity index (χ1n) is 7.22. The summed E-state index contributed by atoms with van der Waals surface area (Å²) in [7, 11) is -4.36. The van der Waals surface area contributed by atoms with E-state index >= 15 is 0 Å². The lowest BCUT2D eigenvalue weighted by Gasteiger charge is -2.16. The lowest BCUT2D eigenvalue weighted by atomic mass is 10.1. The van der Waals surface area contributed by atoms with E-state index in [1.807, 2.05) is 0 Å². The number of fused-ring (bicyclic) bond motifs is 1. The van der Waals surface area contributed by atoms with Crippen LogP contribution in [0.15, 0.2) is 6.20 Å². The number of nitrogens with one attached hydrogen (secondary N) is 1. The topological polar surface area (TPSA) is 198 Å². The van der Waals surface area contributed by atoms with Gasteiger partial charge in [0.1, 0.15) is 24.7 Å². The van der Waals surface area contributed by atoms with E-state index in [1.165, 1.54) is 10.9 Å². The standard InChI is InChI=1S/C11H16ClN6O7P.ClH/c12-11-15-8(17-13)4-1-14-18(9(4)16-11)10-7(20)6(19)5(25-10)2-24-3-26(21,22)23;/h1,5-7,10,19-20H,2-3,13H2,(H,15,16,17)(H2,21,22,23);1H/t5-,6-,7-,10-;/m1./s1. The van der Waals surface area contributed by atoms with Crippen LogP contribution in [0.25, 0.3) is 11.0 Å². The number of hydrogen-bond acceptors (Lipinski definition) is 10. The molecule has 3 rings (SSSR count). The first-order chi connectivity index (χ1) is 12.2. The lowest BCUT2D eigenvalue weighted by molar-refractivity contribution is -0.0658. The SMILES string of the molecule is Cl.NNc1nc(Cl)nc2c1cnn2[C@@H]1O[C@H](COCP(=O)(O)O)[C@@H](O)[C@H]1O. The van der Waals surface area contributed by atoms with Gasteiger partial charge in [0.25, 0.3) is 0 Å². The number of halogens is 2. The molecule has 2 aromatic heterocycles. The second-order valence-electron chi connectivity index (χ2n) is 5.52. The van der Waals surface area contributed by atoms with Crippen molar-refractivity contribution in [2.75, 3.05) is 18.4 Å². The molecule has 2 aromatic rings. The molecule has 1 aliphatic heterocycles. The molecule has 13 nitrogen and oxygen atoms in total. The van der Waals surface area contributed by atoms with Crippen LogP contribution in [-0.4, -0.2) is 71.0 Å². The summed E-state index contributed by atoms with van der Waals surface area (Å²) in [4.78, 5) is 25.5. The molecule has 3 heterocycles. The van der Waals surface area contributed by atoms with Gasteiger partial charge < -0.3 is 34.9 Å². The van der Waals surface area contributed by atoms with Gasteiger partial charge in [0.05, 0.1) is 18.2 Å². The number of nitrogen functional groups attached to an aromatic ring is 1. The van der Waals surface area contributed by atoms with Gasteiger partial charge >= 0.3 is 7.60 Å². The number of rotatable bonds is 6. The molecule has 1 aliphatic rings. The van der Waals surface area contributed by atoms with Crippen molar-refractivity contribution >= 4 is 48.5 Å². The van der Waals surface area contributed by atoms with Crippen LogP contribution in [0.4, 0.5) is 5.82 Å². The van der Waals surface area contributed by atoms with Gasteiger partial charge in [-0.25, -0.2) is 10.5 Å². The highest BCUT2D eigenvalue weighted by atomic mass is 35.5. The van der Waals surface area contributed by atoms with E-state index in [4.69, 9.17) is 36.7 Å². The summed E-state index contributed by atoms with van der Waals surface area (Å²) in [5.41, 5.74) is 2.55. The predicted octanol–water partition coefficient (Wildman–Crippen LogP) is -1.04. The van der Waals surface area contributed by atoms with Crippen LogP contribution >= 0.6 is 31.6 Å². The zero-order valence-electron chi connectivity index (χ0n) is 13.4. The molecule has 0 aromatic carbocycles. The Morgan fingerprint density at radius 2 is 2.07 bits per heavy atom. The molecule has 0 spiro atoms. The fraction of sp³-hybridized carbons (Fsp3) is 0.545. The Hall–Kier alpha value is -1.12. The minimum absolute atomic E-state index is 0. The largest absolute Gasteiger partial charge is 0.387 e. The van der Waals surface area contributed by atoms with Crippen LogP contribution in [0.3, 0.4) is 0 Å². The lowest BCUT2D eigenvalue weighted by Crippen LogP contribution is -2.34. The van der Waals surface area contributed by atoms with Crippen molar-refractivity contribution in [3.8, 4) is 0 Å². The van der Waals surface area contributed by atoms with Gasteiger partial charge in [-0.15, -0.1) is 12.4 Å². The third kappa shape index (κ3) is 4.66. The number of aliphatic hydroxyl groups is 2. The summed E-state index contributed by atoms with van der Waals surface area (Å²) < 4.78 is 22.4. The van der Waals surface area contributed by atoms with Crippen molar-refractivity contribution in [2.24, 2.45) is 5.84 Å². The minimum atomic E-state index is -4.36. The molecule has 7 N–H and O–H groups in total. The van der Waals surface area contributed by atoms with E-state index in [-0.39, 0.29) is 35.8 Å². The molecular formula is C11H17Cl2N6O7P. The van der Waals surface area contributed by atoms with Crippen LogP contribution in [0.1, 0.15) is 6.23 Å². The minimum Gasteiger partial charge on any atom is -0.387 e. The van der Waals surface area contributed by atoms with E-state index in [1.54, 1.807) is 0 Å². The molecule has 152 valence electrons. The zero-order chi connectivity index (χ0) is 19.1. The number of aliphatic hydroxyl groups excluding tert-OH is 2. The molecule has 16 heteroatoms. The number of hydrogen-bond donors (Lipinski definition) is 6. The second kappa shape index (κ2) is 8.49. The highest BCUT2D eigenvalue weighted by Crippen LogP contribution is 2.36. The number of nitrogens with two attached hydrogens (primary N) is 1. The second-order valence-corrected chi connectivity index (χ2v) is 7.45. The number of ether oxygens (including phenoxy) is 2. The summed E-state index contributed by atoms with van der Waals surface area (Å²) in [5.74, 6) is 5.58. The molecule has 0 bridgehead atoms. The highest BCUT2D eigenvalue weighted by Gasteiger charge is 2.45. The van der Waals surface area contributed by atoms with Crippen molar-refractivity contribution in [3.63, 3.8) is 0 Å². The van der Waals surface area contributed by atoms with Crippen molar-refractivity contribution < 1.29 is 34.0 Å². The maximum absolute atomic E-state index is 10.8. The maximum atomic E-state index is 10.8. The summed E-state index contributed by atoms with van der Waals surface area (Å²) in [6.45, 7) is -0.343. The average Bonchev–Trinajstić information content (AvgIpc) is 3.09. The smallest absolute Gasteiger partial charge is 0.350 e. The van der Waals surface area contributed by atoms with Crippen LogP contribution in [-0.2, 0) is 14.0 Å². The zero-order valence-corrected chi connectivity index (χ0v) is 15.9. The Labute approximate surface area is 163 Å². The third-order valence-electron chi connectivity index (χ3n) is 3.68. The Bertz CT molecular complexity index is 850. The van der Waals surface area contributed by atoms with Gasteiger partial charge in [-0.1, -0.05) is 0 Å². The molecule has 0 radical (unpaired) electrons. The first kappa shape index (κ1) is 22.2. The van der Waals surface area contributed by atoms with Gasteiger partial charge in [-0.3, -0.25) is 4.57 Å². The quantitative estimate of drug-likeness (QED) is 0.136. The molecule has 27 heavy (non-hydrogen) atoms. The summed E-state index contributed by atoms with van der Waals surface area (Å²) in [6.07, 6.45) is -4.40. The number of anilines is 1. The average molecular weight is 447 g/mol. The van der Waals surface area contributed by atoms with Crippen LogP contribution < -0.4 is 11.3 Å². The van der Waals surface area contributed by atoms with Crippen molar-refractivity contribution in [2.45, 2.75) is 24.5 Å². The number of aromatic nitrogens is 4. The van der Waals surface area contributed by atoms with E-state index in [0.717, 1.165) is 0 Å². The van der Waals surface area contributed by atoms with Crippen molar-refractivity contribution in [1.82, 2.24) is 19.7 Å².